The van der Waals surface area contributed by atoms with Gasteiger partial charge in [-0.1, -0.05) is 13.0 Å². The van der Waals surface area contributed by atoms with Crippen LogP contribution in [0, 0.1) is 5.41 Å². The van der Waals surface area contributed by atoms with E-state index in [0.717, 1.165) is 54.3 Å². The van der Waals surface area contributed by atoms with Gasteiger partial charge in [-0.25, -0.2) is 4.98 Å². The average molecular weight is 433 g/mol. The van der Waals surface area contributed by atoms with Crippen molar-refractivity contribution < 1.29 is 4.74 Å². The fraction of sp³-hybridized carbons (Fsp3) is 0.292. The zero-order chi connectivity index (χ0) is 22.7. The third-order valence-corrected chi connectivity index (χ3v) is 5.84. The first-order valence-corrected chi connectivity index (χ1v) is 10.7. The van der Waals surface area contributed by atoms with E-state index in [9.17, 15) is 4.79 Å². The molecule has 2 aromatic carbocycles. The van der Waals surface area contributed by atoms with Gasteiger partial charge in [0.2, 0.25) is 0 Å². The Labute approximate surface area is 186 Å². The van der Waals surface area contributed by atoms with E-state index in [0.29, 0.717) is 17.5 Å². The predicted molar refractivity (Wildman–Crippen MR) is 130 cm³/mol. The quantitative estimate of drug-likeness (QED) is 0.517. The smallest absolute Gasteiger partial charge is 0.293 e. The van der Waals surface area contributed by atoms with Crippen LogP contribution < -0.4 is 21.5 Å². The molecule has 1 aliphatic heterocycles. The molecule has 8 nitrogen and oxygen atoms in total. The minimum atomic E-state index is -0.213. The van der Waals surface area contributed by atoms with E-state index in [1.54, 1.807) is 11.6 Å². The van der Waals surface area contributed by atoms with Crippen LogP contribution in [0.1, 0.15) is 18.1 Å². The number of benzene rings is 2. The Balaban J connectivity index is 1.70. The molecule has 1 fully saturated rings. The summed E-state index contributed by atoms with van der Waals surface area (Å²) in [5, 5.41) is 10.8. The Morgan fingerprint density at radius 1 is 1.22 bits per heavy atom. The molecule has 0 bridgehead atoms. The summed E-state index contributed by atoms with van der Waals surface area (Å²) < 4.78 is 7.03. The summed E-state index contributed by atoms with van der Waals surface area (Å²) in [5.41, 5.74) is 11.3. The topological polar surface area (TPSA) is 109 Å². The molecule has 4 N–H and O–H groups in total. The second-order valence-electron chi connectivity index (χ2n) is 7.68. The SMILES string of the molecule is CCc1c(/C(C=N)=C/N)ccc2nc(Nc3ccc(N4CCOCC4)cc3)c(=O)n(C)c12. The molecule has 0 radical (unpaired) electrons. The van der Waals surface area contributed by atoms with Crippen LogP contribution in [0.5, 0.6) is 0 Å². The molecular weight excluding hydrogens is 404 g/mol. The van der Waals surface area contributed by atoms with Crippen molar-refractivity contribution >= 4 is 40.0 Å². The second-order valence-corrected chi connectivity index (χ2v) is 7.68. The molecule has 4 rings (SSSR count). The van der Waals surface area contributed by atoms with Gasteiger partial charge in [0, 0.05) is 49.5 Å². The highest BCUT2D eigenvalue weighted by Gasteiger charge is 2.16. The van der Waals surface area contributed by atoms with E-state index in [1.165, 1.54) is 12.4 Å². The molecule has 1 aromatic heterocycles. The number of morpholine rings is 1. The number of hydrogen-bond donors (Lipinski definition) is 3. The first-order valence-electron chi connectivity index (χ1n) is 10.7. The van der Waals surface area contributed by atoms with Crippen LogP contribution in [-0.4, -0.2) is 42.1 Å². The van der Waals surface area contributed by atoms with Crippen LogP contribution in [0.4, 0.5) is 17.2 Å². The summed E-state index contributed by atoms with van der Waals surface area (Å²) in [6, 6.07) is 11.8. The van der Waals surface area contributed by atoms with E-state index in [1.807, 2.05) is 43.3 Å². The van der Waals surface area contributed by atoms with E-state index in [2.05, 4.69) is 15.2 Å². The number of nitrogens with zero attached hydrogens (tertiary/aromatic N) is 3. The highest BCUT2D eigenvalue weighted by molar-refractivity contribution is 6.10. The van der Waals surface area contributed by atoms with E-state index in [4.69, 9.17) is 15.9 Å². The Hall–Kier alpha value is -3.65. The van der Waals surface area contributed by atoms with Crippen molar-refractivity contribution in [2.75, 3.05) is 36.5 Å². The van der Waals surface area contributed by atoms with Crippen molar-refractivity contribution in [1.82, 2.24) is 9.55 Å². The van der Waals surface area contributed by atoms with Gasteiger partial charge in [0.05, 0.1) is 24.2 Å². The highest BCUT2D eigenvalue weighted by atomic mass is 16.5. The van der Waals surface area contributed by atoms with Gasteiger partial charge in [-0.05, 0) is 47.9 Å². The number of aryl methyl sites for hydroxylation is 2. The van der Waals surface area contributed by atoms with Crippen molar-refractivity contribution in [3.63, 3.8) is 0 Å². The highest BCUT2D eigenvalue weighted by Crippen LogP contribution is 2.27. The number of rotatable bonds is 6. The van der Waals surface area contributed by atoms with Crippen LogP contribution in [0.25, 0.3) is 16.6 Å². The maximum atomic E-state index is 13.1. The molecule has 0 amide bonds. The number of nitrogens with one attached hydrogen (secondary N) is 2. The first-order chi connectivity index (χ1) is 15.6. The van der Waals surface area contributed by atoms with Crippen LogP contribution in [0.3, 0.4) is 0 Å². The number of fused-ring (bicyclic) bond motifs is 1. The summed E-state index contributed by atoms with van der Waals surface area (Å²) in [6.45, 7) is 5.24. The van der Waals surface area contributed by atoms with Gasteiger partial charge >= 0.3 is 0 Å². The fourth-order valence-electron chi connectivity index (χ4n) is 4.16. The Morgan fingerprint density at radius 2 is 1.94 bits per heavy atom. The van der Waals surface area contributed by atoms with Gasteiger partial charge in [-0.2, -0.15) is 0 Å². The first kappa shape index (κ1) is 21.6. The molecule has 8 heteroatoms. The molecule has 0 atom stereocenters. The van der Waals surface area contributed by atoms with Crippen molar-refractivity contribution in [3.8, 4) is 0 Å². The fourth-order valence-corrected chi connectivity index (χ4v) is 4.16. The molecule has 3 aromatic rings. The Bertz CT molecular complexity index is 1220. The number of allylic oxidation sites excluding steroid dienone is 1. The summed E-state index contributed by atoms with van der Waals surface area (Å²) in [4.78, 5) is 20.0. The standard InChI is InChI=1S/C24H28N6O2/c1-3-19-20(16(14-25)15-26)8-9-21-22(19)29(2)24(31)23(28-21)27-17-4-6-18(7-5-17)30-10-12-32-13-11-30/h4-9,14-15,25H,3,10-13,26H2,1-2H3,(H,27,28)/b16-15+,25-14?. The van der Waals surface area contributed by atoms with Gasteiger partial charge in [-0.3, -0.25) is 4.79 Å². The van der Waals surface area contributed by atoms with Crippen LogP contribution >= 0.6 is 0 Å². The molecular formula is C24H28N6O2. The van der Waals surface area contributed by atoms with Crippen molar-refractivity contribution in [3.05, 3.63) is 64.1 Å². The minimum Gasteiger partial charge on any atom is -0.404 e. The zero-order valence-corrected chi connectivity index (χ0v) is 18.4. The molecule has 0 spiro atoms. The third-order valence-electron chi connectivity index (χ3n) is 5.84. The molecule has 1 saturated heterocycles. The largest absolute Gasteiger partial charge is 0.404 e. The monoisotopic (exact) mass is 432 g/mol. The van der Waals surface area contributed by atoms with Gasteiger partial charge in [-0.15, -0.1) is 0 Å². The Morgan fingerprint density at radius 3 is 2.56 bits per heavy atom. The molecule has 0 unspecified atom stereocenters. The Kier molecular flexibility index (Phi) is 6.23. The van der Waals surface area contributed by atoms with Crippen molar-refractivity contribution in [1.29, 1.82) is 5.41 Å². The maximum absolute atomic E-state index is 13.1. The van der Waals surface area contributed by atoms with Gasteiger partial charge in [0.25, 0.3) is 5.56 Å². The lowest BCUT2D eigenvalue weighted by Gasteiger charge is -2.28. The summed E-state index contributed by atoms with van der Waals surface area (Å²) in [6.07, 6.45) is 3.32. The predicted octanol–water partition coefficient (Wildman–Crippen LogP) is 3.03. The normalized spacial score (nSPS) is 14.6. The van der Waals surface area contributed by atoms with Crippen LogP contribution in [0.15, 0.2) is 47.4 Å². The average Bonchev–Trinajstić information content (AvgIpc) is 2.84. The number of anilines is 3. The lowest BCUT2D eigenvalue weighted by Crippen LogP contribution is -2.36. The van der Waals surface area contributed by atoms with Crippen LogP contribution in [-0.2, 0) is 18.2 Å². The number of ether oxygens (including phenoxy) is 1. The van der Waals surface area contributed by atoms with Gasteiger partial charge in [0.1, 0.15) is 0 Å². The molecule has 0 aliphatic carbocycles. The number of nitrogens with two attached hydrogens (primary N) is 1. The summed E-state index contributed by atoms with van der Waals surface area (Å²) in [5.74, 6) is 0.274. The number of aromatic nitrogens is 2. The lowest BCUT2D eigenvalue weighted by molar-refractivity contribution is 0.122. The van der Waals surface area contributed by atoms with Crippen molar-refractivity contribution in [2.45, 2.75) is 13.3 Å². The molecule has 1 aliphatic rings. The van der Waals surface area contributed by atoms with Crippen LogP contribution in [0.2, 0.25) is 0 Å². The van der Waals surface area contributed by atoms with E-state index in [-0.39, 0.29) is 11.4 Å². The lowest BCUT2D eigenvalue weighted by atomic mass is 9.97. The molecule has 2 heterocycles. The maximum Gasteiger partial charge on any atom is 0.293 e. The van der Waals surface area contributed by atoms with Crippen molar-refractivity contribution in [2.24, 2.45) is 12.8 Å². The summed E-state index contributed by atoms with van der Waals surface area (Å²) in [7, 11) is 1.75. The number of hydrogen-bond acceptors (Lipinski definition) is 7. The summed E-state index contributed by atoms with van der Waals surface area (Å²) >= 11 is 0. The van der Waals surface area contributed by atoms with E-state index >= 15 is 0 Å². The second kappa shape index (κ2) is 9.23. The molecule has 0 saturated carbocycles. The molecule has 32 heavy (non-hydrogen) atoms. The zero-order valence-electron chi connectivity index (χ0n) is 18.4. The van der Waals surface area contributed by atoms with Gasteiger partial charge < -0.3 is 30.7 Å². The minimum absolute atomic E-state index is 0.213. The molecule has 166 valence electrons. The van der Waals surface area contributed by atoms with Gasteiger partial charge in [0.15, 0.2) is 5.82 Å². The third kappa shape index (κ3) is 3.97. The van der Waals surface area contributed by atoms with E-state index < -0.39 is 0 Å².